The first-order valence-corrected chi connectivity index (χ1v) is 7.56. The lowest BCUT2D eigenvalue weighted by Gasteiger charge is -2.00. The lowest BCUT2D eigenvalue weighted by Crippen LogP contribution is -1.99. The molecule has 3 rings (SSSR count). The standard InChI is InChI=1S/C16H12BrN5O/c17-12-8-9-18-15(11-12)20-22-16(14-7-4-10-23-14)21-19-13-5-2-1-3-6-13/h1-11,19H. The third kappa shape index (κ3) is 4.33. The van der Waals surface area contributed by atoms with Crippen molar-refractivity contribution in [1.29, 1.82) is 0 Å². The van der Waals surface area contributed by atoms with Crippen LogP contribution in [-0.4, -0.2) is 10.8 Å². The van der Waals surface area contributed by atoms with Gasteiger partial charge in [-0.15, -0.1) is 15.3 Å². The summed E-state index contributed by atoms with van der Waals surface area (Å²) in [7, 11) is 0. The van der Waals surface area contributed by atoms with E-state index < -0.39 is 0 Å². The van der Waals surface area contributed by atoms with Gasteiger partial charge in [-0.2, -0.15) is 0 Å². The van der Waals surface area contributed by atoms with E-state index in [4.69, 9.17) is 4.42 Å². The summed E-state index contributed by atoms with van der Waals surface area (Å²) in [5.74, 6) is 1.30. The number of nitrogens with one attached hydrogen (secondary N) is 1. The highest BCUT2D eigenvalue weighted by Crippen LogP contribution is 2.16. The SMILES string of the molecule is Brc1ccnc(N=NC(=NNc2ccccc2)c2ccco2)c1. The second-order valence-corrected chi connectivity index (χ2v) is 5.34. The molecule has 0 aliphatic carbocycles. The van der Waals surface area contributed by atoms with Gasteiger partial charge >= 0.3 is 0 Å². The first-order valence-electron chi connectivity index (χ1n) is 6.77. The van der Waals surface area contributed by atoms with Crippen LogP contribution in [0.3, 0.4) is 0 Å². The summed E-state index contributed by atoms with van der Waals surface area (Å²) in [6.07, 6.45) is 3.20. The first kappa shape index (κ1) is 15.1. The Labute approximate surface area is 141 Å². The molecule has 0 fully saturated rings. The van der Waals surface area contributed by atoms with Crippen molar-refractivity contribution in [3.05, 3.63) is 77.3 Å². The molecule has 6 nitrogen and oxygen atoms in total. The number of halogens is 1. The molecule has 0 spiro atoms. The summed E-state index contributed by atoms with van der Waals surface area (Å²) >= 11 is 3.37. The van der Waals surface area contributed by atoms with Crippen LogP contribution in [0.25, 0.3) is 0 Å². The van der Waals surface area contributed by atoms with Crippen molar-refractivity contribution in [1.82, 2.24) is 4.98 Å². The van der Waals surface area contributed by atoms with Gasteiger partial charge in [0, 0.05) is 10.7 Å². The van der Waals surface area contributed by atoms with Gasteiger partial charge in [-0.3, -0.25) is 5.43 Å². The van der Waals surface area contributed by atoms with E-state index in [1.54, 1.807) is 30.7 Å². The average molecular weight is 370 g/mol. The van der Waals surface area contributed by atoms with Crippen LogP contribution in [0.15, 0.2) is 91.3 Å². The van der Waals surface area contributed by atoms with Gasteiger partial charge in [-0.1, -0.05) is 34.1 Å². The lowest BCUT2D eigenvalue weighted by molar-refractivity contribution is 0.556. The van der Waals surface area contributed by atoms with E-state index in [2.05, 4.69) is 41.7 Å². The second-order valence-electron chi connectivity index (χ2n) is 4.42. The van der Waals surface area contributed by atoms with Gasteiger partial charge in [0.05, 0.1) is 12.0 Å². The van der Waals surface area contributed by atoms with Crippen molar-refractivity contribution >= 4 is 33.3 Å². The number of para-hydroxylation sites is 1. The Bertz CT molecular complexity index is 816. The van der Waals surface area contributed by atoms with Crippen LogP contribution in [0.2, 0.25) is 0 Å². The van der Waals surface area contributed by atoms with E-state index in [9.17, 15) is 0 Å². The zero-order valence-corrected chi connectivity index (χ0v) is 13.5. The first-order chi connectivity index (χ1) is 11.3. The van der Waals surface area contributed by atoms with Crippen molar-refractivity contribution in [3.63, 3.8) is 0 Å². The summed E-state index contributed by atoms with van der Waals surface area (Å²) in [4.78, 5) is 4.11. The van der Waals surface area contributed by atoms with Gasteiger partial charge in [0.25, 0.3) is 0 Å². The fourth-order valence-electron chi connectivity index (χ4n) is 1.71. The number of benzene rings is 1. The topological polar surface area (TPSA) is 75.1 Å². The Morgan fingerprint density at radius 2 is 1.96 bits per heavy atom. The summed E-state index contributed by atoms with van der Waals surface area (Å²) in [6, 6.07) is 16.7. The van der Waals surface area contributed by atoms with Crippen LogP contribution in [0.5, 0.6) is 0 Å². The largest absolute Gasteiger partial charge is 0.461 e. The number of rotatable bonds is 4. The van der Waals surface area contributed by atoms with E-state index >= 15 is 0 Å². The number of furan rings is 1. The predicted molar refractivity (Wildman–Crippen MR) is 91.8 cm³/mol. The van der Waals surface area contributed by atoms with E-state index in [1.807, 2.05) is 36.4 Å². The number of amidine groups is 1. The van der Waals surface area contributed by atoms with Crippen LogP contribution < -0.4 is 5.43 Å². The molecular weight excluding hydrogens is 358 g/mol. The molecule has 0 atom stereocenters. The molecule has 2 aromatic heterocycles. The normalized spacial score (nSPS) is 11.8. The van der Waals surface area contributed by atoms with Gasteiger partial charge in [0.1, 0.15) is 0 Å². The number of nitrogens with zero attached hydrogens (tertiary/aromatic N) is 4. The maximum Gasteiger partial charge on any atom is 0.236 e. The third-order valence-electron chi connectivity index (χ3n) is 2.76. The highest BCUT2D eigenvalue weighted by molar-refractivity contribution is 9.10. The Morgan fingerprint density at radius 1 is 1.09 bits per heavy atom. The molecule has 23 heavy (non-hydrogen) atoms. The Morgan fingerprint density at radius 3 is 2.70 bits per heavy atom. The number of hydrazone groups is 1. The van der Waals surface area contributed by atoms with Crippen LogP contribution in [0.1, 0.15) is 5.76 Å². The fraction of sp³-hybridized carbons (Fsp3) is 0. The summed E-state index contributed by atoms with van der Waals surface area (Å²) in [5.41, 5.74) is 3.77. The van der Waals surface area contributed by atoms with Gasteiger partial charge in [0.15, 0.2) is 11.6 Å². The van der Waals surface area contributed by atoms with E-state index in [0.717, 1.165) is 10.2 Å². The maximum atomic E-state index is 5.34. The van der Waals surface area contributed by atoms with Crippen LogP contribution in [0, 0.1) is 0 Å². The van der Waals surface area contributed by atoms with Crippen LogP contribution in [0.4, 0.5) is 11.5 Å². The second kappa shape index (κ2) is 7.46. The van der Waals surface area contributed by atoms with Gasteiger partial charge < -0.3 is 4.42 Å². The number of hydrogen-bond donors (Lipinski definition) is 1. The molecule has 1 N–H and O–H groups in total. The van der Waals surface area contributed by atoms with E-state index in [-0.39, 0.29) is 0 Å². The molecule has 0 aliphatic rings. The number of pyridine rings is 1. The maximum absolute atomic E-state index is 5.34. The molecule has 0 saturated heterocycles. The average Bonchev–Trinajstić information content (AvgIpc) is 3.10. The lowest BCUT2D eigenvalue weighted by atomic mass is 10.3. The molecule has 3 aromatic rings. The van der Waals surface area contributed by atoms with Crippen LogP contribution in [-0.2, 0) is 0 Å². The van der Waals surface area contributed by atoms with Gasteiger partial charge in [-0.05, 0) is 36.4 Å². The van der Waals surface area contributed by atoms with Crippen molar-refractivity contribution in [2.75, 3.05) is 5.43 Å². The Balaban J connectivity index is 1.84. The molecule has 1 aromatic carbocycles. The molecule has 0 unspecified atom stereocenters. The van der Waals surface area contributed by atoms with Crippen LogP contribution >= 0.6 is 15.9 Å². The molecule has 114 valence electrons. The quantitative estimate of drug-likeness (QED) is 0.304. The minimum Gasteiger partial charge on any atom is -0.461 e. The van der Waals surface area contributed by atoms with Crippen molar-refractivity contribution in [2.45, 2.75) is 0 Å². The molecular formula is C16H12BrN5O. The Kier molecular flexibility index (Phi) is 4.90. The minimum absolute atomic E-state index is 0.320. The monoisotopic (exact) mass is 369 g/mol. The van der Waals surface area contributed by atoms with E-state index in [1.165, 1.54) is 0 Å². The fourth-order valence-corrected chi connectivity index (χ4v) is 2.03. The summed E-state index contributed by atoms with van der Waals surface area (Å²) < 4.78 is 6.22. The number of azo groups is 1. The number of anilines is 1. The van der Waals surface area contributed by atoms with Crippen molar-refractivity contribution in [2.24, 2.45) is 15.3 Å². The smallest absolute Gasteiger partial charge is 0.236 e. The zero-order valence-electron chi connectivity index (χ0n) is 11.9. The molecule has 0 aliphatic heterocycles. The molecule has 0 amide bonds. The van der Waals surface area contributed by atoms with Gasteiger partial charge in [-0.25, -0.2) is 4.98 Å². The van der Waals surface area contributed by atoms with Gasteiger partial charge in [0.2, 0.25) is 5.84 Å². The molecule has 7 heteroatoms. The molecule has 0 radical (unpaired) electrons. The molecule has 0 bridgehead atoms. The third-order valence-corrected chi connectivity index (χ3v) is 3.25. The highest BCUT2D eigenvalue weighted by atomic mass is 79.9. The van der Waals surface area contributed by atoms with Crippen molar-refractivity contribution < 1.29 is 4.42 Å². The molecule has 0 saturated carbocycles. The summed E-state index contributed by atoms with van der Waals surface area (Å²) in [5, 5.41) is 12.5. The minimum atomic E-state index is 0.320. The zero-order chi connectivity index (χ0) is 15.9. The molecule has 2 heterocycles. The van der Waals surface area contributed by atoms with E-state index in [0.29, 0.717) is 17.4 Å². The number of aromatic nitrogens is 1. The Hall–Kier alpha value is -2.80. The summed E-state index contributed by atoms with van der Waals surface area (Å²) in [6.45, 7) is 0. The number of hydrogen-bond acceptors (Lipinski definition) is 5. The highest BCUT2D eigenvalue weighted by Gasteiger charge is 2.06. The predicted octanol–water partition coefficient (Wildman–Crippen LogP) is 4.99. The van der Waals surface area contributed by atoms with Crippen molar-refractivity contribution in [3.8, 4) is 0 Å².